The average molecular weight is 279 g/mol. The number of carbonyl (C=O) groups is 1. The van der Waals surface area contributed by atoms with Crippen LogP contribution >= 0.6 is 11.8 Å². The summed E-state index contributed by atoms with van der Waals surface area (Å²) < 4.78 is 0. The van der Waals surface area contributed by atoms with Crippen LogP contribution in [0.15, 0.2) is 11.1 Å². The number of hydrogen-bond acceptors (Lipinski definition) is 6. The average Bonchev–Trinajstić information content (AvgIpc) is 2.46. The van der Waals surface area contributed by atoms with Crippen LogP contribution in [0.2, 0.25) is 0 Å². The van der Waals surface area contributed by atoms with E-state index in [-0.39, 0.29) is 5.91 Å². The smallest absolute Gasteiger partial charge is 0.235 e. The highest BCUT2D eigenvalue weighted by molar-refractivity contribution is 8.00. The van der Waals surface area contributed by atoms with E-state index < -0.39 is 0 Å². The Labute approximate surface area is 116 Å². The van der Waals surface area contributed by atoms with Gasteiger partial charge in [0.05, 0.1) is 17.2 Å². The molecule has 1 amide bonds. The molecule has 3 N–H and O–H groups in total. The van der Waals surface area contributed by atoms with Gasteiger partial charge in [0.1, 0.15) is 11.6 Å². The molecule has 0 aliphatic carbocycles. The fourth-order valence-electron chi connectivity index (χ4n) is 2.26. The molecule has 0 unspecified atom stereocenters. The molecular formula is C12H17N5OS. The van der Waals surface area contributed by atoms with Crippen molar-refractivity contribution < 1.29 is 4.79 Å². The number of anilines is 1. The van der Waals surface area contributed by atoms with Gasteiger partial charge < -0.3 is 16.0 Å². The number of rotatable bonds is 3. The van der Waals surface area contributed by atoms with Crippen LogP contribution in [0.5, 0.6) is 0 Å². The molecule has 0 bridgehead atoms. The van der Waals surface area contributed by atoms with Gasteiger partial charge in [0.15, 0.2) is 0 Å². The third-order valence-corrected chi connectivity index (χ3v) is 4.33. The Bertz CT molecular complexity index is 475. The lowest BCUT2D eigenvalue weighted by atomic mass is 10.1. The zero-order valence-electron chi connectivity index (χ0n) is 10.6. The number of fused-ring (bicyclic) bond motifs is 1. The first-order valence-electron chi connectivity index (χ1n) is 6.54. The highest BCUT2D eigenvalue weighted by atomic mass is 32.2. The zero-order valence-corrected chi connectivity index (χ0v) is 11.4. The van der Waals surface area contributed by atoms with Gasteiger partial charge in [-0.05, 0) is 25.9 Å². The Balaban J connectivity index is 1.61. The van der Waals surface area contributed by atoms with E-state index in [1.807, 2.05) is 0 Å². The molecule has 1 saturated heterocycles. The maximum Gasteiger partial charge on any atom is 0.235 e. The Morgan fingerprint density at radius 3 is 3.11 bits per heavy atom. The number of nitrogens with one attached hydrogen (secondary N) is 3. The van der Waals surface area contributed by atoms with Gasteiger partial charge in [-0.25, -0.2) is 9.97 Å². The van der Waals surface area contributed by atoms with Gasteiger partial charge >= 0.3 is 0 Å². The summed E-state index contributed by atoms with van der Waals surface area (Å²) in [5.41, 5.74) is 0. The molecule has 102 valence electrons. The van der Waals surface area contributed by atoms with Crippen molar-refractivity contribution >= 4 is 23.5 Å². The third kappa shape index (κ3) is 3.23. The molecule has 19 heavy (non-hydrogen) atoms. The van der Waals surface area contributed by atoms with E-state index in [1.54, 1.807) is 6.20 Å². The Hall–Kier alpha value is -1.18. The van der Waals surface area contributed by atoms with Gasteiger partial charge in [-0.1, -0.05) is 0 Å². The fourth-order valence-corrected chi connectivity index (χ4v) is 2.98. The van der Waals surface area contributed by atoms with Crippen LogP contribution < -0.4 is 16.0 Å². The van der Waals surface area contributed by atoms with Crippen LogP contribution in [0.1, 0.15) is 18.7 Å². The van der Waals surface area contributed by atoms with Crippen molar-refractivity contribution in [1.29, 1.82) is 0 Å². The van der Waals surface area contributed by atoms with Crippen LogP contribution in [0, 0.1) is 0 Å². The molecule has 0 spiro atoms. The van der Waals surface area contributed by atoms with Crippen molar-refractivity contribution in [2.75, 3.05) is 24.2 Å². The second kappa shape index (κ2) is 5.85. The van der Waals surface area contributed by atoms with E-state index in [2.05, 4.69) is 25.9 Å². The Kier molecular flexibility index (Phi) is 3.95. The summed E-state index contributed by atoms with van der Waals surface area (Å²) in [5.74, 6) is 1.84. The standard InChI is InChI=1S/C12H17N5OS/c18-11-7-19-9-5-15-10(16-12(9)17-11)6-14-8-1-3-13-4-2-8/h5,8,13-14H,1-4,6-7H2,(H,15,16,17,18). The molecule has 7 heteroatoms. The monoisotopic (exact) mass is 279 g/mol. The van der Waals surface area contributed by atoms with Crippen LogP contribution in [0.4, 0.5) is 5.82 Å². The van der Waals surface area contributed by atoms with Gasteiger partial charge in [-0.3, -0.25) is 4.79 Å². The number of hydrogen-bond donors (Lipinski definition) is 3. The van der Waals surface area contributed by atoms with E-state index >= 15 is 0 Å². The molecule has 0 radical (unpaired) electrons. The van der Waals surface area contributed by atoms with E-state index in [9.17, 15) is 4.79 Å². The molecular weight excluding hydrogens is 262 g/mol. The number of amides is 1. The van der Waals surface area contributed by atoms with E-state index in [0.29, 0.717) is 24.2 Å². The van der Waals surface area contributed by atoms with Crippen molar-refractivity contribution in [2.45, 2.75) is 30.3 Å². The molecule has 1 fully saturated rings. The molecule has 0 saturated carbocycles. The van der Waals surface area contributed by atoms with Crippen LogP contribution in [0.25, 0.3) is 0 Å². The van der Waals surface area contributed by atoms with E-state index in [4.69, 9.17) is 0 Å². The largest absolute Gasteiger partial charge is 0.317 e. The number of carbonyl (C=O) groups excluding carboxylic acids is 1. The fraction of sp³-hybridized carbons (Fsp3) is 0.583. The van der Waals surface area contributed by atoms with Crippen molar-refractivity contribution in [3.63, 3.8) is 0 Å². The van der Waals surface area contributed by atoms with Crippen LogP contribution in [0.3, 0.4) is 0 Å². The predicted octanol–water partition coefficient (Wildman–Crippen LogP) is 0.362. The summed E-state index contributed by atoms with van der Waals surface area (Å²) in [5, 5.41) is 9.60. The van der Waals surface area contributed by atoms with Gasteiger partial charge in [-0.15, -0.1) is 11.8 Å². The normalized spacial score (nSPS) is 19.9. The van der Waals surface area contributed by atoms with Gasteiger partial charge in [0, 0.05) is 12.2 Å². The van der Waals surface area contributed by atoms with Crippen molar-refractivity contribution in [1.82, 2.24) is 20.6 Å². The minimum absolute atomic E-state index is 0.00784. The predicted molar refractivity (Wildman–Crippen MR) is 74.1 cm³/mol. The maximum atomic E-state index is 11.3. The topological polar surface area (TPSA) is 78.9 Å². The second-order valence-corrected chi connectivity index (χ2v) is 5.76. The lowest BCUT2D eigenvalue weighted by molar-refractivity contribution is -0.113. The van der Waals surface area contributed by atoms with Crippen LogP contribution in [-0.4, -0.2) is 40.8 Å². The molecule has 3 rings (SSSR count). The molecule has 0 aromatic carbocycles. The van der Waals surface area contributed by atoms with E-state index in [0.717, 1.165) is 36.7 Å². The summed E-state index contributed by atoms with van der Waals surface area (Å²) in [4.78, 5) is 21.0. The quantitative estimate of drug-likeness (QED) is 0.741. The lowest BCUT2D eigenvalue weighted by Crippen LogP contribution is -2.39. The molecule has 1 aromatic heterocycles. The maximum absolute atomic E-state index is 11.3. The first-order valence-corrected chi connectivity index (χ1v) is 7.52. The van der Waals surface area contributed by atoms with Crippen molar-refractivity contribution in [3.05, 3.63) is 12.0 Å². The third-order valence-electron chi connectivity index (χ3n) is 3.31. The number of thioether (sulfide) groups is 1. The number of aromatic nitrogens is 2. The van der Waals surface area contributed by atoms with Gasteiger partial charge in [0.2, 0.25) is 5.91 Å². The lowest BCUT2D eigenvalue weighted by Gasteiger charge is -2.23. The van der Waals surface area contributed by atoms with E-state index in [1.165, 1.54) is 11.8 Å². The molecule has 1 aromatic rings. The van der Waals surface area contributed by atoms with Gasteiger partial charge in [0.25, 0.3) is 0 Å². The minimum atomic E-state index is 0.00784. The highest BCUT2D eigenvalue weighted by Gasteiger charge is 2.18. The number of nitrogens with zero attached hydrogens (tertiary/aromatic N) is 2. The number of piperidine rings is 1. The summed E-state index contributed by atoms with van der Waals surface area (Å²) in [6.45, 7) is 2.78. The Morgan fingerprint density at radius 1 is 1.42 bits per heavy atom. The molecule has 2 aliphatic rings. The summed E-state index contributed by atoms with van der Waals surface area (Å²) in [6, 6.07) is 0.532. The molecule has 3 heterocycles. The molecule has 6 nitrogen and oxygen atoms in total. The minimum Gasteiger partial charge on any atom is -0.317 e. The first-order chi connectivity index (χ1) is 9.31. The van der Waals surface area contributed by atoms with Gasteiger partial charge in [-0.2, -0.15) is 0 Å². The second-order valence-electron chi connectivity index (χ2n) is 4.74. The van der Waals surface area contributed by atoms with Crippen molar-refractivity contribution in [2.24, 2.45) is 0 Å². The Morgan fingerprint density at radius 2 is 2.26 bits per heavy atom. The summed E-state index contributed by atoms with van der Waals surface area (Å²) in [7, 11) is 0. The van der Waals surface area contributed by atoms with Crippen LogP contribution in [-0.2, 0) is 11.3 Å². The summed E-state index contributed by atoms with van der Waals surface area (Å²) in [6.07, 6.45) is 4.07. The zero-order chi connectivity index (χ0) is 13.1. The summed E-state index contributed by atoms with van der Waals surface area (Å²) >= 11 is 1.49. The highest BCUT2D eigenvalue weighted by Crippen LogP contribution is 2.28. The molecule has 2 aliphatic heterocycles. The SMILES string of the molecule is O=C1CSc2cnc(CNC3CCNCC3)nc2N1. The first kappa shape index (κ1) is 12.8. The molecule has 0 atom stereocenters. The van der Waals surface area contributed by atoms with Crippen molar-refractivity contribution in [3.8, 4) is 0 Å².